The number of carbonyl (C=O) groups is 2. The number of methoxy groups -OCH3 is 1. The number of pyridine rings is 1. The summed E-state index contributed by atoms with van der Waals surface area (Å²) >= 11 is 3.18. The number of carbonyl (C=O) groups excluding carboxylic acids is 2. The zero-order valence-corrected chi connectivity index (χ0v) is 15.3. The summed E-state index contributed by atoms with van der Waals surface area (Å²) in [4.78, 5) is 38.6. The first-order valence-electron chi connectivity index (χ1n) is 7.26. The Hall–Kier alpha value is -3.01. The van der Waals surface area contributed by atoms with Gasteiger partial charge in [0.15, 0.2) is 6.10 Å². The summed E-state index contributed by atoms with van der Waals surface area (Å²) in [5.41, 5.74) is -0.213. The van der Waals surface area contributed by atoms with Crippen LogP contribution in [0.2, 0.25) is 0 Å². The largest absolute Gasteiger partial charge is 0.496 e. The minimum absolute atomic E-state index is 0.0344. The number of nitro groups is 1. The molecule has 0 spiro atoms. The quantitative estimate of drug-likeness (QED) is 0.430. The Morgan fingerprint density at radius 2 is 2.04 bits per heavy atom. The molecule has 0 saturated carbocycles. The maximum Gasteiger partial charge on any atom is 0.340 e. The Labute approximate surface area is 156 Å². The van der Waals surface area contributed by atoms with Crippen molar-refractivity contribution < 1.29 is 24.0 Å². The molecule has 1 unspecified atom stereocenters. The molecule has 0 aliphatic rings. The van der Waals surface area contributed by atoms with E-state index in [4.69, 9.17) is 9.47 Å². The molecule has 136 valence electrons. The Bertz CT molecular complexity index is 858. The Balaban J connectivity index is 2.09. The molecule has 0 radical (unpaired) electrons. The number of nitrogens with one attached hydrogen (secondary N) is 1. The molecule has 26 heavy (non-hydrogen) atoms. The highest BCUT2D eigenvalue weighted by molar-refractivity contribution is 9.10. The normalized spacial score (nSPS) is 11.3. The Morgan fingerprint density at radius 3 is 2.65 bits per heavy atom. The second-order valence-corrected chi connectivity index (χ2v) is 5.98. The zero-order valence-electron chi connectivity index (χ0n) is 13.8. The monoisotopic (exact) mass is 423 g/mol. The lowest BCUT2D eigenvalue weighted by atomic mass is 10.2. The van der Waals surface area contributed by atoms with E-state index in [2.05, 4.69) is 26.2 Å². The summed E-state index contributed by atoms with van der Waals surface area (Å²) in [7, 11) is 1.37. The number of amides is 1. The van der Waals surface area contributed by atoms with E-state index in [1.165, 1.54) is 50.7 Å². The van der Waals surface area contributed by atoms with Gasteiger partial charge in [0, 0.05) is 16.9 Å². The smallest absolute Gasteiger partial charge is 0.340 e. The number of aromatic nitrogens is 1. The van der Waals surface area contributed by atoms with Crippen molar-refractivity contribution in [3.05, 3.63) is 56.8 Å². The molecular weight excluding hydrogens is 410 g/mol. The predicted molar refractivity (Wildman–Crippen MR) is 95.1 cm³/mol. The fourth-order valence-electron chi connectivity index (χ4n) is 1.94. The van der Waals surface area contributed by atoms with Crippen molar-refractivity contribution in [2.24, 2.45) is 0 Å². The van der Waals surface area contributed by atoms with Crippen LogP contribution >= 0.6 is 15.9 Å². The van der Waals surface area contributed by atoms with Crippen molar-refractivity contribution >= 4 is 39.2 Å². The maximum atomic E-state index is 12.2. The van der Waals surface area contributed by atoms with Gasteiger partial charge >= 0.3 is 5.97 Å². The van der Waals surface area contributed by atoms with Crippen molar-refractivity contribution in [1.82, 2.24) is 4.98 Å². The third kappa shape index (κ3) is 4.76. The number of ether oxygens (including phenoxy) is 2. The van der Waals surface area contributed by atoms with Gasteiger partial charge in [0.2, 0.25) is 0 Å². The minimum Gasteiger partial charge on any atom is -0.496 e. The molecule has 0 aliphatic heterocycles. The van der Waals surface area contributed by atoms with Gasteiger partial charge in [-0.3, -0.25) is 19.9 Å². The SMILES string of the molecule is COc1ccc(NC(=O)C(C)OC(=O)c2cncc(Br)c2)c([N+](=O)[O-])c1. The van der Waals surface area contributed by atoms with E-state index >= 15 is 0 Å². The van der Waals surface area contributed by atoms with E-state index < -0.39 is 22.9 Å². The van der Waals surface area contributed by atoms with Gasteiger partial charge in [-0.05, 0) is 41.1 Å². The molecule has 10 heteroatoms. The lowest BCUT2D eigenvalue weighted by molar-refractivity contribution is -0.384. The molecule has 0 bridgehead atoms. The highest BCUT2D eigenvalue weighted by Gasteiger charge is 2.23. The molecule has 1 amide bonds. The number of halogens is 1. The summed E-state index contributed by atoms with van der Waals surface area (Å²) in [6.07, 6.45) is 1.62. The second kappa shape index (κ2) is 8.39. The number of nitrogens with zero attached hydrogens (tertiary/aromatic N) is 2. The third-order valence-electron chi connectivity index (χ3n) is 3.25. The van der Waals surface area contributed by atoms with E-state index in [0.717, 1.165) is 0 Å². The molecule has 1 heterocycles. The van der Waals surface area contributed by atoms with Crippen molar-refractivity contribution in [1.29, 1.82) is 0 Å². The van der Waals surface area contributed by atoms with E-state index in [9.17, 15) is 19.7 Å². The van der Waals surface area contributed by atoms with Gasteiger partial charge in [-0.25, -0.2) is 4.79 Å². The van der Waals surface area contributed by atoms with Crippen molar-refractivity contribution in [2.45, 2.75) is 13.0 Å². The average molecular weight is 424 g/mol. The molecule has 0 fully saturated rings. The molecule has 1 N–H and O–H groups in total. The lowest BCUT2D eigenvalue weighted by Gasteiger charge is -2.14. The van der Waals surface area contributed by atoms with Crippen LogP contribution < -0.4 is 10.1 Å². The highest BCUT2D eigenvalue weighted by atomic mass is 79.9. The molecule has 1 atom stereocenters. The summed E-state index contributed by atoms with van der Waals surface area (Å²) in [5, 5.41) is 13.5. The first kappa shape index (κ1) is 19.3. The lowest BCUT2D eigenvalue weighted by Crippen LogP contribution is -2.30. The van der Waals surface area contributed by atoms with Gasteiger partial charge in [0.25, 0.3) is 11.6 Å². The molecule has 2 rings (SSSR count). The number of hydrogen-bond donors (Lipinski definition) is 1. The van der Waals surface area contributed by atoms with Crippen LogP contribution in [0, 0.1) is 10.1 Å². The van der Waals surface area contributed by atoms with Crippen LogP contribution in [-0.2, 0) is 9.53 Å². The van der Waals surface area contributed by atoms with Crippen LogP contribution in [0.5, 0.6) is 5.75 Å². The zero-order chi connectivity index (χ0) is 19.3. The fourth-order valence-corrected chi connectivity index (χ4v) is 2.30. The summed E-state index contributed by atoms with van der Waals surface area (Å²) in [6.45, 7) is 1.36. The predicted octanol–water partition coefficient (Wildman–Crippen LogP) is 2.94. The minimum atomic E-state index is -1.18. The van der Waals surface area contributed by atoms with Crippen molar-refractivity contribution in [2.75, 3.05) is 12.4 Å². The van der Waals surface area contributed by atoms with Gasteiger partial charge in [-0.2, -0.15) is 0 Å². The number of hydrogen-bond acceptors (Lipinski definition) is 7. The van der Waals surface area contributed by atoms with Crippen LogP contribution in [0.1, 0.15) is 17.3 Å². The molecular formula is C16H14BrN3O6. The van der Waals surface area contributed by atoms with Gasteiger partial charge < -0.3 is 14.8 Å². The van der Waals surface area contributed by atoms with Gasteiger partial charge in [-0.1, -0.05) is 0 Å². The average Bonchev–Trinajstić information content (AvgIpc) is 2.61. The fraction of sp³-hybridized carbons (Fsp3) is 0.188. The van der Waals surface area contributed by atoms with E-state index in [1.54, 1.807) is 0 Å². The van der Waals surface area contributed by atoms with Crippen LogP contribution in [0.3, 0.4) is 0 Å². The van der Waals surface area contributed by atoms with Crippen molar-refractivity contribution in [3.63, 3.8) is 0 Å². The van der Waals surface area contributed by atoms with Crippen molar-refractivity contribution in [3.8, 4) is 5.75 Å². The van der Waals surface area contributed by atoms with E-state index in [-0.39, 0.29) is 22.7 Å². The number of benzene rings is 1. The number of nitro benzene ring substituents is 1. The highest BCUT2D eigenvalue weighted by Crippen LogP contribution is 2.29. The topological polar surface area (TPSA) is 121 Å². The van der Waals surface area contributed by atoms with Gasteiger partial charge in [0.05, 0.1) is 23.7 Å². The standard InChI is InChI=1S/C16H14BrN3O6/c1-9(26-16(22)10-5-11(17)8-18-7-10)15(21)19-13-4-3-12(25-2)6-14(13)20(23)24/h3-9H,1-2H3,(H,19,21). The van der Waals surface area contributed by atoms with Crippen LogP contribution in [0.25, 0.3) is 0 Å². The van der Waals surface area contributed by atoms with E-state index in [1.807, 2.05) is 0 Å². The molecule has 0 aliphatic carbocycles. The first-order valence-corrected chi connectivity index (χ1v) is 8.06. The number of esters is 1. The third-order valence-corrected chi connectivity index (χ3v) is 3.69. The molecule has 2 aromatic rings. The van der Waals surface area contributed by atoms with Gasteiger partial charge in [-0.15, -0.1) is 0 Å². The van der Waals surface area contributed by atoms with Crippen LogP contribution in [0.15, 0.2) is 41.1 Å². The molecule has 9 nitrogen and oxygen atoms in total. The first-order chi connectivity index (χ1) is 12.3. The molecule has 0 saturated heterocycles. The summed E-state index contributed by atoms with van der Waals surface area (Å²) < 4.78 is 10.6. The maximum absolute atomic E-state index is 12.2. The Morgan fingerprint density at radius 1 is 1.31 bits per heavy atom. The van der Waals surface area contributed by atoms with E-state index in [0.29, 0.717) is 4.47 Å². The number of anilines is 1. The number of rotatable bonds is 6. The summed E-state index contributed by atoms with van der Waals surface area (Å²) in [5.74, 6) is -1.18. The van der Waals surface area contributed by atoms with Crippen LogP contribution in [0.4, 0.5) is 11.4 Å². The Kier molecular flexibility index (Phi) is 6.23. The molecule has 1 aromatic carbocycles. The second-order valence-electron chi connectivity index (χ2n) is 5.07. The summed E-state index contributed by atoms with van der Waals surface area (Å²) in [6, 6.07) is 5.47. The van der Waals surface area contributed by atoms with Crippen LogP contribution in [-0.4, -0.2) is 35.0 Å². The van der Waals surface area contributed by atoms with Gasteiger partial charge in [0.1, 0.15) is 11.4 Å². The molecule has 1 aromatic heterocycles.